The average Bonchev–Trinajstić information content (AvgIpc) is 1.94. The first-order valence-corrected chi connectivity index (χ1v) is 5.13. The Balaban J connectivity index is 0.00000169. The molecular weight excluding hydrogens is 328 g/mol. The Morgan fingerprint density at radius 3 is 2.21 bits per heavy atom. The number of phosphoric acid groups is 1. The van der Waals surface area contributed by atoms with E-state index in [1.807, 2.05) is 13.8 Å². The number of hydrogen-bond donors (Lipinski definition) is 0. The monoisotopic (exact) mass is 338 g/mol. The molecule has 0 amide bonds. The van der Waals surface area contributed by atoms with E-state index in [0.717, 1.165) is 11.1 Å². The van der Waals surface area contributed by atoms with Gasteiger partial charge in [0.05, 0.1) is 0 Å². The third-order valence-corrected chi connectivity index (χ3v) is 2.13. The van der Waals surface area contributed by atoms with Crippen molar-refractivity contribution in [2.75, 3.05) is 0 Å². The molecule has 72 valence electrons. The molecule has 0 N–H and O–H groups in total. The Morgan fingerprint density at radius 2 is 1.79 bits per heavy atom. The van der Waals surface area contributed by atoms with Crippen LogP contribution in [0.3, 0.4) is 0 Å². The van der Waals surface area contributed by atoms with Crippen molar-refractivity contribution in [3.8, 4) is 5.75 Å². The van der Waals surface area contributed by atoms with E-state index < -0.39 is 7.82 Å². The van der Waals surface area contributed by atoms with Gasteiger partial charge in [0, 0.05) is 0 Å². The van der Waals surface area contributed by atoms with Crippen LogP contribution in [0.25, 0.3) is 0 Å². The van der Waals surface area contributed by atoms with Crippen molar-refractivity contribution in [2.24, 2.45) is 0 Å². The predicted molar refractivity (Wildman–Crippen MR) is 49.9 cm³/mol. The minimum Gasteiger partial charge on any atom is -0.780 e. The number of benzene rings is 1. The molecule has 0 spiro atoms. The molecule has 0 aliphatic heterocycles. The topological polar surface area (TPSA) is 72.4 Å². The van der Waals surface area contributed by atoms with Crippen molar-refractivity contribution >= 4 is 56.7 Å². The van der Waals surface area contributed by atoms with E-state index in [1.54, 1.807) is 6.07 Å². The van der Waals surface area contributed by atoms with E-state index in [9.17, 15) is 14.4 Å². The largest absolute Gasteiger partial charge is 2.00 e. The van der Waals surface area contributed by atoms with Gasteiger partial charge in [0.2, 0.25) is 0 Å². The van der Waals surface area contributed by atoms with Crippen LogP contribution in [0.1, 0.15) is 11.1 Å². The molecule has 0 aromatic heterocycles. The summed E-state index contributed by atoms with van der Waals surface area (Å²) in [7, 11) is -4.92. The summed E-state index contributed by atoms with van der Waals surface area (Å²) in [6.45, 7) is 3.69. The molecule has 4 nitrogen and oxygen atoms in total. The molecule has 0 unspecified atom stereocenters. The van der Waals surface area contributed by atoms with Gasteiger partial charge in [-0.15, -0.1) is 0 Å². The van der Waals surface area contributed by atoms with Crippen LogP contribution in [-0.2, 0) is 4.57 Å². The fraction of sp³-hybridized carbons (Fsp3) is 0.250. The summed E-state index contributed by atoms with van der Waals surface area (Å²) in [6, 6.07) is 4.66. The molecule has 6 heteroatoms. The molecular formula is C8H9BaO4P. The Labute approximate surface area is 123 Å². The summed E-state index contributed by atoms with van der Waals surface area (Å²) < 4.78 is 14.4. The third-order valence-electron chi connectivity index (χ3n) is 1.70. The normalized spacial score (nSPS) is 10.6. The summed E-state index contributed by atoms with van der Waals surface area (Å²) in [6.07, 6.45) is 0. The summed E-state index contributed by atoms with van der Waals surface area (Å²) in [5.41, 5.74) is 1.89. The van der Waals surface area contributed by atoms with Crippen LogP contribution >= 0.6 is 7.82 Å². The number of phosphoric ester groups is 1. The van der Waals surface area contributed by atoms with Crippen molar-refractivity contribution in [2.45, 2.75) is 13.8 Å². The summed E-state index contributed by atoms with van der Waals surface area (Å²) in [5, 5.41) is 0. The number of rotatable bonds is 2. The first-order valence-electron chi connectivity index (χ1n) is 3.67. The van der Waals surface area contributed by atoms with Crippen molar-refractivity contribution in [3.63, 3.8) is 0 Å². The maximum Gasteiger partial charge on any atom is 2.00 e. The molecule has 0 radical (unpaired) electrons. The molecule has 0 bridgehead atoms. The smallest absolute Gasteiger partial charge is 0.780 e. The molecule has 1 aromatic rings. The SMILES string of the molecule is Cc1ccc(OP(=O)([O-])[O-])cc1C.[Ba+2]. The van der Waals surface area contributed by atoms with Crippen LogP contribution in [-0.4, -0.2) is 48.9 Å². The van der Waals surface area contributed by atoms with Crippen LogP contribution in [0.5, 0.6) is 5.75 Å². The number of aryl methyl sites for hydroxylation is 2. The molecule has 0 aliphatic rings. The summed E-state index contributed by atoms with van der Waals surface area (Å²) in [4.78, 5) is 20.5. The molecule has 0 aliphatic carbocycles. The number of hydrogen-bond acceptors (Lipinski definition) is 4. The Kier molecular flexibility index (Phi) is 6.03. The van der Waals surface area contributed by atoms with E-state index in [-0.39, 0.29) is 54.6 Å². The van der Waals surface area contributed by atoms with Gasteiger partial charge in [-0.1, -0.05) is 6.07 Å². The van der Waals surface area contributed by atoms with Gasteiger partial charge in [-0.25, -0.2) is 0 Å². The zero-order valence-corrected chi connectivity index (χ0v) is 13.4. The van der Waals surface area contributed by atoms with E-state index in [2.05, 4.69) is 4.52 Å². The minimum absolute atomic E-state index is 0. The minimum atomic E-state index is -4.92. The second kappa shape index (κ2) is 5.72. The molecule has 0 saturated carbocycles. The average molecular weight is 337 g/mol. The van der Waals surface area contributed by atoms with E-state index >= 15 is 0 Å². The Hall–Kier alpha value is 0.741. The zero-order chi connectivity index (χ0) is 10.1. The summed E-state index contributed by atoms with van der Waals surface area (Å²) >= 11 is 0. The maximum absolute atomic E-state index is 10.2. The van der Waals surface area contributed by atoms with Gasteiger partial charge in [0.1, 0.15) is 13.6 Å². The first kappa shape index (κ1) is 14.7. The third kappa shape index (κ3) is 5.00. The Bertz CT molecular complexity index is 360. The predicted octanol–water partition coefficient (Wildman–Crippen LogP) is 0.130. The fourth-order valence-electron chi connectivity index (χ4n) is 0.900. The molecule has 1 rings (SSSR count). The molecule has 0 atom stereocenters. The van der Waals surface area contributed by atoms with Crippen LogP contribution in [0, 0.1) is 13.8 Å². The van der Waals surface area contributed by atoms with Crippen molar-refractivity contribution < 1.29 is 18.9 Å². The van der Waals surface area contributed by atoms with E-state index in [4.69, 9.17) is 0 Å². The van der Waals surface area contributed by atoms with Gasteiger partial charge in [-0.05, 0) is 37.1 Å². The standard InChI is InChI=1S/C8H11O4P.Ba/c1-6-3-4-8(5-7(6)2)12-13(9,10)11;/h3-5H,1-2H3,(H2,9,10,11);/q;+2/p-2. The van der Waals surface area contributed by atoms with Crippen LogP contribution < -0.4 is 14.3 Å². The van der Waals surface area contributed by atoms with Crippen molar-refractivity contribution in [3.05, 3.63) is 29.3 Å². The van der Waals surface area contributed by atoms with Gasteiger partial charge in [0.15, 0.2) is 0 Å². The zero-order valence-electron chi connectivity index (χ0n) is 8.02. The van der Waals surface area contributed by atoms with Gasteiger partial charge in [-0.3, -0.25) is 0 Å². The Morgan fingerprint density at radius 1 is 1.21 bits per heavy atom. The van der Waals surface area contributed by atoms with Crippen LogP contribution in [0.2, 0.25) is 0 Å². The molecule has 1 aromatic carbocycles. The second-order valence-corrected chi connectivity index (χ2v) is 3.86. The van der Waals surface area contributed by atoms with Crippen LogP contribution in [0.4, 0.5) is 0 Å². The molecule has 14 heavy (non-hydrogen) atoms. The van der Waals surface area contributed by atoms with E-state index in [1.165, 1.54) is 12.1 Å². The van der Waals surface area contributed by atoms with Gasteiger partial charge >= 0.3 is 48.9 Å². The van der Waals surface area contributed by atoms with E-state index in [0.29, 0.717) is 0 Å². The van der Waals surface area contributed by atoms with Crippen molar-refractivity contribution in [1.29, 1.82) is 0 Å². The quantitative estimate of drug-likeness (QED) is 0.568. The molecule has 0 fully saturated rings. The first-order chi connectivity index (χ1) is 5.88. The molecule has 0 saturated heterocycles. The van der Waals surface area contributed by atoms with Gasteiger partial charge in [0.25, 0.3) is 0 Å². The van der Waals surface area contributed by atoms with Crippen molar-refractivity contribution in [1.82, 2.24) is 0 Å². The van der Waals surface area contributed by atoms with Crippen LogP contribution in [0.15, 0.2) is 18.2 Å². The second-order valence-electron chi connectivity index (χ2n) is 2.78. The fourth-order valence-corrected chi connectivity index (χ4v) is 1.27. The molecule has 0 heterocycles. The maximum atomic E-state index is 10.2. The van der Waals surface area contributed by atoms with Gasteiger partial charge < -0.3 is 18.9 Å². The van der Waals surface area contributed by atoms with Gasteiger partial charge in [-0.2, -0.15) is 0 Å². The summed E-state index contributed by atoms with van der Waals surface area (Å²) in [5.74, 6) is 0.0661.